The predicted octanol–water partition coefficient (Wildman–Crippen LogP) is 3.34. The maximum atomic E-state index is 10.0. The first-order chi connectivity index (χ1) is 6.88. The van der Waals surface area contributed by atoms with Gasteiger partial charge in [-0.15, -0.1) is 0 Å². The highest BCUT2D eigenvalue weighted by Gasteiger charge is 2.29. The molecule has 80 valence electrons. The Labute approximate surface area is 98.7 Å². The molecule has 0 aromatic heterocycles. The van der Waals surface area contributed by atoms with Crippen LogP contribution in [0.25, 0.3) is 0 Å². The molecular weight excluding hydrogens is 254 g/mol. The Morgan fingerprint density at radius 2 is 2.07 bits per heavy atom. The van der Waals surface area contributed by atoms with E-state index in [0.29, 0.717) is 0 Å². The van der Waals surface area contributed by atoms with E-state index in [1.54, 1.807) is 13.8 Å². The van der Waals surface area contributed by atoms with Crippen molar-refractivity contribution in [2.45, 2.75) is 26.9 Å². The Hall–Kier alpha value is -0.850. The van der Waals surface area contributed by atoms with Crippen LogP contribution in [0.4, 0.5) is 0 Å². The zero-order valence-electron chi connectivity index (χ0n) is 9.08. The maximum absolute atomic E-state index is 10.0. The normalized spacial score (nSPS) is 13.3. The highest BCUT2D eigenvalue weighted by atomic mass is 79.9. The molecule has 0 spiro atoms. The fourth-order valence-corrected chi connectivity index (χ4v) is 1.56. The summed E-state index contributed by atoms with van der Waals surface area (Å²) >= 11 is 3.40. The number of aliphatic hydroxyl groups excluding tert-OH is 1. The van der Waals surface area contributed by atoms with Gasteiger partial charge in [-0.2, -0.15) is 5.26 Å². The minimum absolute atomic E-state index is 0.755. The standard InChI is InChI=1S/C12H14BrNO/c1-8-6-9(4-5-10(8)13)11(15)12(2,3)7-14/h4-6,11,15H,1-3H3. The summed E-state index contributed by atoms with van der Waals surface area (Å²) in [5.74, 6) is 0. The van der Waals surface area contributed by atoms with Crippen LogP contribution in [0.2, 0.25) is 0 Å². The van der Waals surface area contributed by atoms with Crippen molar-refractivity contribution in [3.05, 3.63) is 33.8 Å². The summed E-state index contributed by atoms with van der Waals surface area (Å²) in [6.07, 6.45) is -0.755. The fraction of sp³-hybridized carbons (Fsp3) is 0.417. The van der Waals surface area contributed by atoms with Crippen LogP contribution in [0.1, 0.15) is 31.1 Å². The SMILES string of the molecule is Cc1cc(C(O)C(C)(C)C#N)ccc1Br. The summed E-state index contributed by atoms with van der Waals surface area (Å²) in [5, 5.41) is 19.0. The van der Waals surface area contributed by atoms with Crippen molar-refractivity contribution < 1.29 is 5.11 Å². The second-order valence-electron chi connectivity index (χ2n) is 4.24. The molecule has 0 aliphatic heterocycles. The van der Waals surface area contributed by atoms with E-state index in [1.165, 1.54) is 0 Å². The lowest BCUT2D eigenvalue weighted by Gasteiger charge is -2.23. The van der Waals surface area contributed by atoms with Crippen LogP contribution < -0.4 is 0 Å². The predicted molar refractivity (Wildman–Crippen MR) is 63.2 cm³/mol. The largest absolute Gasteiger partial charge is 0.387 e. The molecule has 1 unspecified atom stereocenters. The highest BCUT2D eigenvalue weighted by Crippen LogP contribution is 2.33. The van der Waals surface area contributed by atoms with Gasteiger partial charge in [0.2, 0.25) is 0 Å². The van der Waals surface area contributed by atoms with Crippen LogP contribution in [0.5, 0.6) is 0 Å². The lowest BCUT2D eigenvalue weighted by molar-refractivity contribution is 0.0867. The summed E-state index contributed by atoms with van der Waals surface area (Å²) in [4.78, 5) is 0. The van der Waals surface area contributed by atoms with E-state index in [9.17, 15) is 5.11 Å². The molecule has 3 heteroatoms. The number of nitriles is 1. The van der Waals surface area contributed by atoms with Crippen molar-refractivity contribution in [3.63, 3.8) is 0 Å². The number of nitrogens with zero attached hydrogens (tertiary/aromatic N) is 1. The van der Waals surface area contributed by atoms with Crippen LogP contribution >= 0.6 is 15.9 Å². The van der Waals surface area contributed by atoms with Gasteiger partial charge in [0.1, 0.15) is 0 Å². The number of halogens is 1. The van der Waals surface area contributed by atoms with Crippen LogP contribution in [-0.2, 0) is 0 Å². The quantitative estimate of drug-likeness (QED) is 0.893. The third kappa shape index (κ3) is 2.58. The molecule has 0 radical (unpaired) electrons. The van der Waals surface area contributed by atoms with Crippen molar-refractivity contribution in [1.82, 2.24) is 0 Å². The summed E-state index contributed by atoms with van der Waals surface area (Å²) in [7, 11) is 0. The lowest BCUT2D eigenvalue weighted by Crippen LogP contribution is -2.19. The van der Waals surface area contributed by atoms with Gasteiger partial charge < -0.3 is 5.11 Å². The Balaban J connectivity index is 3.08. The molecule has 1 aromatic rings. The van der Waals surface area contributed by atoms with Gasteiger partial charge in [0.05, 0.1) is 17.6 Å². The van der Waals surface area contributed by atoms with E-state index in [4.69, 9.17) is 5.26 Å². The van der Waals surface area contributed by atoms with Gasteiger partial charge in [-0.3, -0.25) is 0 Å². The third-order valence-corrected chi connectivity index (χ3v) is 3.36. The van der Waals surface area contributed by atoms with Crippen molar-refractivity contribution >= 4 is 15.9 Å². The van der Waals surface area contributed by atoms with Gasteiger partial charge in [-0.05, 0) is 38.0 Å². The molecular formula is C12H14BrNO. The average Bonchev–Trinajstić information content (AvgIpc) is 2.21. The molecule has 15 heavy (non-hydrogen) atoms. The monoisotopic (exact) mass is 267 g/mol. The Kier molecular flexibility index (Phi) is 3.54. The number of aryl methyl sites for hydroxylation is 1. The van der Waals surface area contributed by atoms with Crippen molar-refractivity contribution in [2.24, 2.45) is 5.41 Å². The average molecular weight is 268 g/mol. The molecule has 0 aliphatic rings. The molecule has 0 aliphatic carbocycles. The topological polar surface area (TPSA) is 44.0 Å². The zero-order chi connectivity index (χ0) is 11.6. The Bertz CT molecular complexity index is 407. The van der Waals surface area contributed by atoms with Crippen LogP contribution in [0.15, 0.2) is 22.7 Å². The van der Waals surface area contributed by atoms with Gasteiger partial charge >= 0.3 is 0 Å². The van der Waals surface area contributed by atoms with Crippen molar-refractivity contribution in [1.29, 1.82) is 5.26 Å². The van der Waals surface area contributed by atoms with Gasteiger partial charge in [0, 0.05) is 4.47 Å². The van der Waals surface area contributed by atoms with E-state index < -0.39 is 11.5 Å². The van der Waals surface area contributed by atoms with Gasteiger partial charge in [-0.1, -0.05) is 28.1 Å². The summed E-state index contributed by atoms with van der Waals surface area (Å²) < 4.78 is 1.01. The molecule has 0 amide bonds. The molecule has 2 nitrogen and oxygen atoms in total. The molecule has 0 saturated carbocycles. The summed E-state index contributed by atoms with van der Waals surface area (Å²) in [5.41, 5.74) is 1.07. The van der Waals surface area contributed by atoms with Crippen molar-refractivity contribution in [3.8, 4) is 6.07 Å². The Morgan fingerprint density at radius 1 is 1.47 bits per heavy atom. The van der Waals surface area contributed by atoms with Crippen LogP contribution in [0, 0.1) is 23.7 Å². The summed E-state index contributed by atoms with van der Waals surface area (Å²) in [6.45, 7) is 5.42. The molecule has 0 fully saturated rings. The molecule has 1 rings (SSSR count). The van der Waals surface area contributed by atoms with E-state index in [2.05, 4.69) is 22.0 Å². The number of aliphatic hydroxyl groups is 1. The molecule has 1 N–H and O–H groups in total. The zero-order valence-corrected chi connectivity index (χ0v) is 10.7. The second-order valence-corrected chi connectivity index (χ2v) is 5.10. The lowest BCUT2D eigenvalue weighted by atomic mass is 9.84. The number of rotatable bonds is 2. The van der Waals surface area contributed by atoms with Crippen LogP contribution in [0.3, 0.4) is 0 Å². The number of hydrogen-bond acceptors (Lipinski definition) is 2. The molecule has 0 bridgehead atoms. The third-order valence-electron chi connectivity index (χ3n) is 2.47. The molecule has 0 saturated heterocycles. The highest BCUT2D eigenvalue weighted by molar-refractivity contribution is 9.10. The second kappa shape index (κ2) is 4.34. The molecule has 1 atom stereocenters. The first-order valence-electron chi connectivity index (χ1n) is 4.74. The van der Waals surface area contributed by atoms with Gasteiger partial charge in [0.15, 0.2) is 0 Å². The van der Waals surface area contributed by atoms with E-state index in [0.717, 1.165) is 15.6 Å². The Morgan fingerprint density at radius 3 is 2.53 bits per heavy atom. The van der Waals surface area contributed by atoms with Gasteiger partial charge in [-0.25, -0.2) is 0 Å². The van der Waals surface area contributed by atoms with E-state index in [1.807, 2.05) is 25.1 Å². The smallest absolute Gasteiger partial charge is 0.0970 e. The number of hydrogen-bond donors (Lipinski definition) is 1. The minimum atomic E-state index is -0.764. The van der Waals surface area contributed by atoms with Crippen molar-refractivity contribution in [2.75, 3.05) is 0 Å². The van der Waals surface area contributed by atoms with E-state index in [-0.39, 0.29) is 0 Å². The first-order valence-corrected chi connectivity index (χ1v) is 5.53. The van der Waals surface area contributed by atoms with E-state index >= 15 is 0 Å². The van der Waals surface area contributed by atoms with Crippen LogP contribution in [-0.4, -0.2) is 5.11 Å². The maximum Gasteiger partial charge on any atom is 0.0970 e. The fourth-order valence-electron chi connectivity index (χ4n) is 1.32. The number of benzene rings is 1. The summed E-state index contributed by atoms with van der Waals surface area (Å²) in [6, 6.07) is 7.73. The molecule has 0 heterocycles. The molecule has 1 aromatic carbocycles. The van der Waals surface area contributed by atoms with Gasteiger partial charge in [0.25, 0.3) is 0 Å². The minimum Gasteiger partial charge on any atom is -0.387 e. The first kappa shape index (κ1) is 12.2.